The highest BCUT2D eigenvalue weighted by molar-refractivity contribution is 5.97. The lowest BCUT2D eigenvalue weighted by Gasteiger charge is -2.07. The van der Waals surface area contributed by atoms with E-state index in [-0.39, 0.29) is 23.8 Å². The molecular formula is C10H10N6O2. The fraction of sp³-hybridized carbons (Fsp3) is 0.300. The summed E-state index contributed by atoms with van der Waals surface area (Å²) < 4.78 is 2.15. The summed E-state index contributed by atoms with van der Waals surface area (Å²) in [4.78, 5) is 28.9. The highest BCUT2D eigenvalue weighted by Crippen LogP contribution is 2.04. The molecule has 92 valence electrons. The van der Waals surface area contributed by atoms with Gasteiger partial charge in [0.05, 0.1) is 0 Å². The molecule has 8 nitrogen and oxygen atoms in total. The van der Waals surface area contributed by atoms with E-state index in [9.17, 15) is 9.59 Å². The number of rotatable bonds is 2. The molecule has 0 aliphatic heterocycles. The van der Waals surface area contributed by atoms with Crippen molar-refractivity contribution in [3.05, 3.63) is 22.5 Å². The molecule has 18 heavy (non-hydrogen) atoms. The molecule has 8 heteroatoms. The molecule has 0 N–H and O–H groups in total. The lowest BCUT2D eigenvalue weighted by Crippen LogP contribution is -2.30. The maximum Gasteiger partial charge on any atom is 0.353 e. The second-order valence-corrected chi connectivity index (χ2v) is 3.72. The molecule has 2 aromatic heterocycles. The van der Waals surface area contributed by atoms with Gasteiger partial charge >= 0.3 is 5.69 Å². The number of carbonyl (C=O) groups is 1. The van der Waals surface area contributed by atoms with Gasteiger partial charge in [0.25, 0.3) is 5.91 Å². The van der Waals surface area contributed by atoms with Gasteiger partial charge in [-0.1, -0.05) is 11.1 Å². The summed E-state index contributed by atoms with van der Waals surface area (Å²) in [6.07, 6.45) is 6.34. The average Bonchev–Trinajstić information content (AvgIpc) is 2.76. The van der Waals surface area contributed by atoms with Crippen molar-refractivity contribution >= 4 is 11.6 Å². The molecule has 0 aliphatic rings. The average molecular weight is 246 g/mol. The van der Waals surface area contributed by atoms with Crippen LogP contribution in [0.25, 0.3) is 5.65 Å². The Balaban J connectivity index is 2.64. The number of terminal acetylenes is 1. The van der Waals surface area contributed by atoms with Crippen LogP contribution in [0, 0.1) is 12.3 Å². The van der Waals surface area contributed by atoms with Gasteiger partial charge in [0, 0.05) is 14.1 Å². The minimum absolute atomic E-state index is 0.0108. The van der Waals surface area contributed by atoms with Crippen LogP contribution >= 0.6 is 0 Å². The summed E-state index contributed by atoms with van der Waals surface area (Å²) in [6.45, 7) is 0.0108. The molecule has 0 spiro atoms. The molecule has 0 saturated heterocycles. The predicted molar refractivity (Wildman–Crippen MR) is 61.9 cm³/mol. The summed E-state index contributed by atoms with van der Waals surface area (Å²) in [7, 11) is 3.17. The molecule has 0 bridgehead atoms. The van der Waals surface area contributed by atoms with E-state index in [0.717, 1.165) is 9.08 Å². The van der Waals surface area contributed by atoms with Crippen molar-refractivity contribution in [2.24, 2.45) is 0 Å². The highest BCUT2D eigenvalue weighted by atomic mass is 16.2. The maximum atomic E-state index is 11.9. The first-order chi connectivity index (χ1) is 8.56. The Labute approximate surface area is 102 Å². The molecule has 0 radical (unpaired) electrons. The van der Waals surface area contributed by atoms with Crippen LogP contribution in [-0.4, -0.2) is 49.3 Å². The number of imidazole rings is 1. The molecule has 0 atom stereocenters. The van der Waals surface area contributed by atoms with Crippen molar-refractivity contribution < 1.29 is 4.79 Å². The lowest BCUT2D eigenvalue weighted by molar-refractivity contribution is 0.0824. The summed E-state index contributed by atoms with van der Waals surface area (Å²) in [5, 5.41) is 7.45. The molecule has 0 unspecified atom stereocenters. The molecule has 2 aromatic rings. The van der Waals surface area contributed by atoms with E-state index >= 15 is 0 Å². The second-order valence-electron chi connectivity index (χ2n) is 3.72. The largest absolute Gasteiger partial charge is 0.353 e. The summed E-state index contributed by atoms with van der Waals surface area (Å²) in [6, 6.07) is 0. The van der Waals surface area contributed by atoms with Crippen LogP contribution in [0.2, 0.25) is 0 Å². The van der Waals surface area contributed by atoms with Crippen LogP contribution in [0.5, 0.6) is 0 Å². The van der Waals surface area contributed by atoms with Crippen molar-refractivity contribution in [3.8, 4) is 12.3 Å². The fourth-order valence-electron chi connectivity index (χ4n) is 1.38. The Bertz CT molecular complexity index is 705. The number of hydrogen-bond acceptors (Lipinski definition) is 5. The van der Waals surface area contributed by atoms with Gasteiger partial charge in [0.2, 0.25) is 0 Å². The third-order valence-electron chi connectivity index (χ3n) is 2.27. The van der Waals surface area contributed by atoms with E-state index in [1.807, 2.05) is 0 Å². The molecule has 0 aromatic carbocycles. The number of fused-ring (bicyclic) bond motifs is 1. The number of nitrogens with zero attached hydrogens (tertiary/aromatic N) is 6. The maximum absolute atomic E-state index is 11.9. The third kappa shape index (κ3) is 1.71. The lowest BCUT2D eigenvalue weighted by atomic mass is 10.4. The number of amides is 1. The van der Waals surface area contributed by atoms with Crippen molar-refractivity contribution in [3.63, 3.8) is 0 Å². The predicted octanol–water partition coefficient (Wildman–Crippen LogP) is -1.38. The van der Waals surface area contributed by atoms with Gasteiger partial charge in [0.1, 0.15) is 12.9 Å². The van der Waals surface area contributed by atoms with Crippen LogP contribution in [0.15, 0.2) is 11.1 Å². The molecule has 2 heterocycles. The molecule has 0 saturated carbocycles. The second kappa shape index (κ2) is 4.29. The van der Waals surface area contributed by atoms with Gasteiger partial charge < -0.3 is 4.90 Å². The Morgan fingerprint density at radius 1 is 1.56 bits per heavy atom. The third-order valence-corrected chi connectivity index (χ3v) is 2.27. The fourth-order valence-corrected chi connectivity index (χ4v) is 1.38. The molecule has 2 rings (SSSR count). The molecular weight excluding hydrogens is 236 g/mol. The monoisotopic (exact) mass is 246 g/mol. The van der Waals surface area contributed by atoms with E-state index in [1.54, 1.807) is 14.1 Å². The topological polar surface area (TPSA) is 85.4 Å². The normalized spacial score (nSPS) is 10.3. The van der Waals surface area contributed by atoms with Crippen molar-refractivity contribution in [1.82, 2.24) is 29.3 Å². The zero-order valence-electron chi connectivity index (χ0n) is 9.86. The smallest absolute Gasteiger partial charge is 0.343 e. The van der Waals surface area contributed by atoms with Crippen LogP contribution < -0.4 is 5.69 Å². The minimum atomic E-state index is -0.483. The van der Waals surface area contributed by atoms with Crippen LogP contribution in [0.4, 0.5) is 0 Å². The molecule has 0 fully saturated rings. The Morgan fingerprint density at radius 3 is 2.89 bits per heavy atom. The first kappa shape index (κ1) is 11.8. The van der Waals surface area contributed by atoms with Gasteiger partial charge in [-0.05, 0) is 0 Å². The van der Waals surface area contributed by atoms with Crippen LogP contribution in [0.3, 0.4) is 0 Å². The van der Waals surface area contributed by atoms with Gasteiger partial charge in [0.15, 0.2) is 11.3 Å². The van der Waals surface area contributed by atoms with E-state index in [1.165, 1.54) is 11.2 Å². The van der Waals surface area contributed by atoms with E-state index in [4.69, 9.17) is 6.42 Å². The van der Waals surface area contributed by atoms with E-state index in [2.05, 4.69) is 21.2 Å². The Kier molecular flexibility index (Phi) is 2.81. The first-order valence-electron chi connectivity index (χ1n) is 5.02. The summed E-state index contributed by atoms with van der Waals surface area (Å²) in [5.74, 6) is 1.94. The van der Waals surface area contributed by atoms with Gasteiger partial charge in [-0.2, -0.15) is 4.68 Å². The summed E-state index contributed by atoms with van der Waals surface area (Å²) >= 11 is 0. The Morgan fingerprint density at radius 2 is 2.28 bits per heavy atom. The standard InChI is InChI=1S/C10H10N6O2/c1-4-5-16-10(18)15-6-11-7(8(15)12-13-16)9(17)14(2)3/h1,6H,5H2,2-3H3. The Hall–Kier alpha value is -2.69. The zero-order valence-corrected chi connectivity index (χ0v) is 9.86. The first-order valence-corrected chi connectivity index (χ1v) is 5.02. The van der Waals surface area contributed by atoms with Crippen LogP contribution in [-0.2, 0) is 6.54 Å². The number of hydrogen-bond donors (Lipinski definition) is 0. The minimum Gasteiger partial charge on any atom is -0.343 e. The zero-order chi connectivity index (χ0) is 13.3. The quantitative estimate of drug-likeness (QED) is 0.610. The molecule has 0 aliphatic carbocycles. The number of aromatic nitrogens is 5. The number of carbonyl (C=O) groups excluding carboxylic acids is 1. The highest BCUT2D eigenvalue weighted by Gasteiger charge is 2.18. The van der Waals surface area contributed by atoms with E-state index < -0.39 is 5.69 Å². The van der Waals surface area contributed by atoms with Crippen molar-refractivity contribution in [2.75, 3.05) is 14.1 Å². The van der Waals surface area contributed by atoms with Gasteiger partial charge in [-0.15, -0.1) is 11.5 Å². The van der Waals surface area contributed by atoms with Crippen LogP contribution in [0.1, 0.15) is 10.5 Å². The van der Waals surface area contributed by atoms with Gasteiger partial charge in [-0.25, -0.2) is 14.2 Å². The molecule has 1 amide bonds. The van der Waals surface area contributed by atoms with E-state index in [0.29, 0.717) is 0 Å². The SMILES string of the molecule is C#CCn1nnc2c(C(=O)N(C)C)ncn2c1=O. The van der Waals surface area contributed by atoms with Crippen molar-refractivity contribution in [1.29, 1.82) is 0 Å². The van der Waals surface area contributed by atoms with Crippen molar-refractivity contribution in [2.45, 2.75) is 6.54 Å². The van der Waals surface area contributed by atoms with Gasteiger partial charge in [-0.3, -0.25) is 4.79 Å². The summed E-state index contributed by atoms with van der Waals surface area (Å²) in [5.41, 5.74) is -0.285.